The average Bonchev–Trinajstić information content (AvgIpc) is 3.05. The number of nitrogens with one attached hydrogen (secondary N) is 3. The van der Waals surface area contributed by atoms with Crippen molar-refractivity contribution >= 4 is 46.3 Å². The van der Waals surface area contributed by atoms with Crippen LogP contribution in [0.25, 0.3) is 10.9 Å². The second-order valence-electron chi connectivity index (χ2n) is 3.60. The third-order valence-electron chi connectivity index (χ3n) is 2.21. The van der Waals surface area contributed by atoms with E-state index >= 15 is 0 Å². The lowest BCUT2D eigenvalue weighted by Gasteiger charge is -2.15. The molecule has 1 atom stereocenters. The van der Waals surface area contributed by atoms with Crippen molar-refractivity contribution in [2.75, 3.05) is 0 Å². The molecule has 2 heterocycles. The Bertz CT molecular complexity index is 757. The van der Waals surface area contributed by atoms with Crippen molar-refractivity contribution < 1.29 is 24.0 Å². The molecule has 0 amide bonds. The Balaban J connectivity index is 0.000000272. The molecule has 21 heavy (non-hydrogen) atoms. The van der Waals surface area contributed by atoms with Crippen LogP contribution in [-0.2, 0) is 4.57 Å². The number of phosphoric acid groups is 1. The van der Waals surface area contributed by atoms with Crippen LogP contribution in [0.15, 0.2) is 29.1 Å². The predicted molar refractivity (Wildman–Crippen MR) is 74.4 cm³/mol. The first-order valence-corrected chi connectivity index (χ1v) is 7.95. The van der Waals surface area contributed by atoms with Gasteiger partial charge in [-0.3, -0.25) is 4.57 Å². The van der Waals surface area contributed by atoms with Gasteiger partial charge in [-0.25, -0.2) is 0 Å². The molecule has 2 aromatic heterocycles. The van der Waals surface area contributed by atoms with E-state index in [1.54, 1.807) is 12.1 Å². The van der Waals surface area contributed by atoms with E-state index in [0.717, 1.165) is 0 Å². The Hall–Kier alpha value is -1.45. The molecule has 1 unspecified atom stereocenters. The van der Waals surface area contributed by atoms with Crippen LogP contribution in [-0.4, -0.2) is 25.4 Å². The zero-order valence-electron chi connectivity index (χ0n) is 10.1. The minimum atomic E-state index is -4.84. The number of tetrazole rings is 1. The molecule has 1 aromatic carbocycles. The largest absolute Gasteiger partial charge is 0.746 e. The molecule has 4 N–H and O–H groups in total. The minimum absolute atomic E-state index is 0.0397. The number of aromatic nitrogens is 5. The van der Waals surface area contributed by atoms with Gasteiger partial charge in [0.1, 0.15) is 5.10 Å². The van der Waals surface area contributed by atoms with Crippen LogP contribution in [0.3, 0.4) is 0 Å². The molecule has 0 saturated carbocycles. The van der Waals surface area contributed by atoms with Crippen LogP contribution >= 0.6 is 35.4 Å². The molecule has 0 fully saturated rings. The van der Waals surface area contributed by atoms with Gasteiger partial charge in [-0.15, -0.1) is 0 Å². The quantitative estimate of drug-likeness (QED) is 0.553. The van der Waals surface area contributed by atoms with Crippen LogP contribution in [0.4, 0.5) is 0 Å². The van der Waals surface area contributed by atoms with Gasteiger partial charge in [-0.1, -0.05) is 16.8 Å². The first kappa shape index (κ1) is 15.9. The fourth-order valence-electron chi connectivity index (χ4n) is 1.47. The summed E-state index contributed by atoms with van der Waals surface area (Å²) >= 11 is 9.18. The average molecular weight is 397 g/mol. The van der Waals surface area contributed by atoms with Crippen molar-refractivity contribution in [3.05, 3.63) is 34.2 Å². The van der Waals surface area contributed by atoms with E-state index in [4.69, 9.17) is 16.5 Å². The predicted octanol–water partition coefficient (Wildman–Crippen LogP) is 1.04. The third-order valence-corrected chi connectivity index (χ3v) is 3.92. The van der Waals surface area contributed by atoms with Gasteiger partial charge < -0.3 is 19.3 Å². The fourth-order valence-corrected chi connectivity index (χ4v) is 2.45. The maximum absolute atomic E-state index is 10.6. The molecule has 3 aromatic rings. The summed E-state index contributed by atoms with van der Waals surface area (Å²) in [6.45, 7) is 0. The highest BCUT2D eigenvalue weighted by atomic mass is 79.9. The Morgan fingerprint density at radius 2 is 2.29 bits per heavy atom. The Labute approximate surface area is 131 Å². The summed E-state index contributed by atoms with van der Waals surface area (Å²) < 4.78 is 15.6. The van der Waals surface area contributed by atoms with E-state index in [0.29, 0.717) is 20.4 Å². The topological polar surface area (TPSA) is 141 Å². The number of halogens is 2. The van der Waals surface area contributed by atoms with Crippen LogP contribution in [0.2, 0.25) is 5.02 Å². The second kappa shape index (κ2) is 6.54. The normalized spacial score (nSPS) is 13.3. The van der Waals surface area contributed by atoms with Crippen LogP contribution in [0.1, 0.15) is 0 Å². The molecule has 0 spiro atoms. The number of hydrogen-bond acceptors (Lipinski definition) is 5. The van der Waals surface area contributed by atoms with Crippen molar-refractivity contribution in [2.45, 2.75) is 0 Å². The molecule has 0 bridgehead atoms. The van der Waals surface area contributed by atoms with Gasteiger partial charge in [0.2, 0.25) is 0 Å². The van der Waals surface area contributed by atoms with E-state index in [1.165, 1.54) is 12.5 Å². The Morgan fingerprint density at radius 1 is 1.52 bits per heavy atom. The Kier molecular flexibility index (Phi) is 4.96. The zero-order valence-corrected chi connectivity index (χ0v) is 13.3. The number of nitrogens with zero attached hydrogens (tertiary/aromatic N) is 2. The van der Waals surface area contributed by atoms with Gasteiger partial charge in [0, 0.05) is 10.7 Å². The first-order valence-electron chi connectivity index (χ1n) is 5.29. The molecule has 112 valence electrons. The molecule has 0 aliphatic carbocycles. The molecule has 9 nitrogen and oxygen atoms in total. The molecular formula is C9H8BrClN5O4P. The molecule has 0 aliphatic rings. The summed E-state index contributed by atoms with van der Waals surface area (Å²) in [4.78, 5) is 22.0. The molecule has 12 heteroatoms. The lowest BCUT2D eigenvalue weighted by molar-refractivity contribution is -0.456. The smallest absolute Gasteiger partial charge is 0.317 e. The lowest BCUT2D eigenvalue weighted by atomic mass is 10.2. The van der Waals surface area contributed by atoms with Crippen LogP contribution in [0, 0.1) is 0 Å². The Morgan fingerprint density at radius 3 is 2.81 bits per heavy atom. The standard InChI is InChI=1S/C8H6BrClNO4P.CH2N4/c9-4-1-2-5-7(8(4)10)6(3-11-5)15-16(12,13)14;1-2-4-5-3-1/h1-3,11H,(H2,12,13,14);1H,(H,2,3,4,5). The van der Waals surface area contributed by atoms with E-state index in [9.17, 15) is 9.46 Å². The molecule has 0 aliphatic heterocycles. The van der Waals surface area contributed by atoms with Crippen molar-refractivity contribution in [3.8, 4) is 5.75 Å². The third kappa shape index (κ3) is 4.26. The lowest BCUT2D eigenvalue weighted by Crippen LogP contribution is -2.05. The van der Waals surface area contributed by atoms with Crippen molar-refractivity contribution in [1.82, 2.24) is 20.5 Å². The maximum Gasteiger partial charge on any atom is 0.317 e. The number of aromatic amines is 3. The van der Waals surface area contributed by atoms with Crippen molar-refractivity contribution in [2.24, 2.45) is 0 Å². The number of benzene rings is 1. The monoisotopic (exact) mass is 395 g/mol. The molecule has 3 rings (SSSR count). The summed E-state index contributed by atoms with van der Waals surface area (Å²) in [7, 11) is -4.84. The SMILES string of the molecule is O=P([O-])(O)Oc1c[nH]c2ccc(Br)c(Cl)c12.c1nn[nH][nH+]1. The van der Waals surface area contributed by atoms with Gasteiger partial charge in [0.25, 0.3) is 6.33 Å². The van der Waals surface area contributed by atoms with E-state index in [2.05, 4.69) is 46.1 Å². The second-order valence-corrected chi connectivity index (χ2v) is 5.95. The number of phosphoric ester groups is 1. The highest BCUT2D eigenvalue weighted by Crippen LogP contribution is 2.42. The maximum atomic E-state index is 10.6. The van der Waals surface area contributed by atoms with E-state index < -0.39 is 7.82 Å². The van der Waals surface area contributed by atoms with Gasteiger partial charge >= 0.3 is 7.82 Å². The summed E-state index contributed by atoms with van der Waals surface area (Å²) in [5, 5.41) is 12.2. The number of hydrogen-bond donors (Lipinski definition) is 3. The molecular weight excluding hydrogens is 388 g/mol. The van der Waals surface area contributed by atoms with Crippen molar-refractivity contribution in [1.29, 1.82) is 0 Å². The minimum Gasteiger partial charge on any atom is -0.746 e. The summed E-state index contributed by atoms with van der Waals surface area (Å²) in [6, 6.07) is 3.41. The summed E-state index contributed by atoms with van der Waals surface area (Å²) in [5.41, 5.74) is 0.608. The highest BCUT2D eigenvalue weighted by molar-refractivity contribution is 9.10. The molecule has 0 saturated heterocycles. The van der Waals surface area contributed by atoms with Crippen molar-refractivity contribution in [3.63, 3.8) is 0 Å². The fraction of sp³-hybridized carbons (Fsp3) is 0. The summed E-state index contributed by atoms with van der Waals surface area (Å²) in [6.07, 6.45) is 2.77. The number of H-pyrrole nitrogens is 3. The van der Waals surface area contributed by atoms with Gasteiger partial charge in [0.05, 0.1) is 15.9 Å². The first-order chi connectivity index (χ1) is 9.88. The number of fused-ring (bicyclic) bond motifs is 1. The molecule has 0 radical (unpaired) electrons. The number of rotatable bonds is 2. The van der Waals surface area contributed by atoms with E-state index in [-0.39, 0.29) is 5.75 Å². The van der Waals surface area contributed by atoms with Gasteiger partial charge in [-0.05, 0) is 28.1 Å². The van der Waals surface area contributed by atoms with Gasteiger partial charge in [0.15, 0.2) is 11.0 Å². The highest BCUT2D eigenvalue weighted by Gasteiger charge is 2.14. The van der Waals surface area contributed by atoms with E-state index in [1.807, 2.05) is 0 Å². The zero-order chi connectivity index (χ0) is 15.5. The van der Waals surface area contributed by atoms with Gasteiger partial charge in [-0.2, -0.15) is 5.10 Å². The summed E-state index contributed by atoms with van der Waals surface area (Å²) in [5.74, 6) is -0.0397. The van der Waals surface area contributed by atoms with Crippen LogP contribution < -0.4 is 14.5 Å². The van der Waals surface area contributed by atoms with Crippen LogP contribution in [0.5, 0.6) is 5.75 Å².